The van der Waals surface area contributed by atoms with E-state index in [-0.39, 0.29) is 0 Å². The van der Waals surface area contributed by atoms with Crippen LogP contribution in [0.25, 0.3) is 0 Å². The summed E-state index contributed by atoms with van der Waals surface area (Å²) in [6, 6.07) is 0.604. The predicted molar refractivity (Wildman–Crippen MR) is 76.7 cm³/mol. The lowest BCUT2D eigenvalue weighted by molar-refractivity contribution is 0.254. The minimum atomic E-state index is 0.341. The Hall–Kier alpha value is -0.410. The number of nitrogens with one attached hydrogen (secondary N) is 1. The van der Waals surface area contributed by atoms with Gasteiger partial charge in [-0.1, -0.05) is 27.7 Å². The minimum absolute atomic E-state index is 0.341. The summed E-state index contributed by atoms with van der Waals surface area (Å²) in [6.45, 7) is 12.2. The third-order valence-electron chi connectivity index (χ3n) is 3.09. The van der Waals surface area contributed by atoms with Crippen LogP contribution in [0, 0.1) is 12.3 Å². The van der Waals surface area contributed by atoms with Crippen molar-refractivity contribution >= 4 is 11.3 Å². The number of rotatable bonds is 6. The molecule has 17 heavy (non-hydrogen) atoms. The maximum absolute atomic E-state index is 4.51. The number of thiazole rings is 1. The second-order valence-electron chi connectivity index (χ2n) is 5.73. The first kappa shape index (κ1) is 14.7. The van der Waals surface area contributed by atoms with Gasteiger partial charge in [-0.3, -0.25) is 0 Å². The van der Waals surface area contributed by atoms with E-state index in [4.69, 9.17) is 0 Å². The molecule has 3 heteroatoms. The molecule has 0 fully saturated rings. The highest BCUT2D eigenvalue weighted by molar-refractivity contribution is 7.09. The molecule has 1 heterocycles. The maximum atomic E-state index is 4.51. The molecule has 98 valence electrons. The van der Waals surface area contributed by atoms with E-state index >= 15 is 0 Å². The van der Waals surface area contributed by atoms with Gasteiger partial charge in [0.15, 0.2) is 0 Å². The molecule has 0 bridgehead atoms. The van der Waals surface area contributed by atoms with Crippen molar-refractivity contribution in [1.29, 1.82) is 0 Å². The average Bonchev–Trinajstić information content (AvgIpc) is 2.61. The van der Waals surface area contributed by atoms with Crippen LogP contribution in [0.1, 0.15) is 51.2 Å². The summed E-state index contributed by atoms with van der Waals surface area (Å²) in [6.07, 6.45) is 3.56. The molecule has 0 aliphatic rings. The van der Waals surface area contributed by atoms with Gasteiger partial charge in [-0.05, 0) is 38.1 Å². The predicted octanol–water partition coefficient (Wildman–Crippen LogP) is 3.80. The van der Waals surface area contributed by atoms with Crippen LogP contribution in [-0.4, -0.2) is 17.6 Å². The fourth-order valence-corrected chi connectivity index (χ4v) is 2.75. The standard InChI is InChI=1S/C14H26N2S/c1-6-15-13(14(3,4)5)9-7-8-12-10-17-11(2)16-12/h10,13,15H,6-9H2,1-5H3. The molecule has 1 unspecified atom stereocenters. The molecule has 0 radical (unpaired) electrons. The van der Waals surface area contributed by atoms with Crippen LogP contribution >= 0.6 is 11.3 Å². The lowest BCUT2D eigenvalue weighted by Gasteiger charge is -2.31. The van der Waals surface area contributed by atoms with Crippen LogP contribution in [0.5, 0.6) is 0 Å². The zero-order valence-electron chi connectivity index (χ0n) is 11.8. The van der Waals surface area contributed by atoms with E-state index in [1.165, 1.54) is 23.5 Å². The molecular formula is C14H26N2S. The molecule has 0 saturated carbocycles. The Kier molecular flexibility index (Phi) is 5.60. The number of hydrogen-bond donors (Lipinski definition) is 1. The van der Waals surface area contributed by atoms with E-state index in [0.29, 0.717) is 11.5 Å². The number of aryl methyl sites for hydroxylation is 2. The first-order valence-electron chi connectivity index (χ1n) is 6.58. The highest BCUT2D eigenvalue weighted by atomic mass is 32.1. The van der Waals surface area contributed by atoms with E-state index in [2.05, 4.69) is 50.3 Å². The molecule has 1 N–H and O–H groups in total. The molecule has 1 rings (SSSR count). The lowest BCUT2D eigenvalue weighted by Crippen LogP contribution is -2.40. The molecule has 0 aromatic carbocycles. The van der Waals surface area contributed by atoms with Gasteiger partial charge in [-0.15, -0.1) is 11.3 Å². The summed E-state index contributed by atoms with van der Waals surface area (Å²) >= 11 is 1.75. The Morgan fingerprint density at radius 3 is 2.59 bits per heavy atom. The van der Waals surface area contributed by atoms with Crippen molar-refractivity contribution in [2.24, 2.45) is 5.41 Å². The first-order chi connectivity index (χ1) is 7.93. The fourth-order valence-electron chi connectivity index (χ4n) is 2.10. The molecule has 0 aliphatic heterocycles. The van der Waals surface area contributed by atoms with Crippen LogP contribution in [0.3, 0.4) is 0 Å². The fraction of sp³-hybridized carbons (Fsp3) is 0.786. The molecule has 1 atom stereocenters. The zero-order chi connectivity index (χ0) is 12.9. The Morgan fingerprint density at radius 1 is 1.41 bits per heavy atom. The Morgan fingerprint density at radius 2 is 2.12 bits per heavy atom. The average molecular weight is 254 g/mol. The third kappa shape index (κ3) is 5.17. The van der Waals surface area contributed by atoms with Crippen molar-refractivity contribution in [3.05, 3.63) is 16.1 Å². The summed E-state index contributed by atoms with van der Waals surface area (Å²) < 4.78 is 0. The number of hydrogen-bond acceptors (Lipinski definition) is 3. The number of nitrogens with zero attached hydrogens (tertiary/aromatic N) is 1. The normalized spacial score (nSPS) is 13.9. The molecule has 0 aliphatic carbocycles. The van der Waals surface area contributed by atoms with Crippen LogP contribution in [0.15, 0.2) is 5.38 Å². The summed E-state index contributed by atoms with van der Waals surface area (Å²) in [5.74, 6) is 0. The molecule has 0 spiro atoms. The van der Waals surface area contributed by atoms with Crippen molar-refractivity contribution in [1.82, 2.24) is 10.3 Å². The van der Waals surface area contributed by atoms with Crippen molar-refractivity contribution in [3.8, 4) is 0 Å². The van der Waals surface area contributed by atoms with Gasteiger partial charge in [0.2, 0.25) is 0 Å². The van der Waals surface area contributed by atoms with Crippen LogP contribution in [0.4, 0.5) is 0 Å². The van der Waals surface area contributed by atoms with E-state index < -0.39 is 0 Å². The second-order valence-corrected chi connectivity index (χ2v) is 6.79. The minimum Gasteiger partial charge on any atom is -0.314 e. The van der Waals surface area contributed by atoms with E-state index in [9.17, 15) is 0 Å². The molecular weight excluding hydrogens is 228 g/mol. The van der Waals surface area contributed by atoms with Crippen molar-refractivity contribution in [3.63, 3.8) is 0 Å². The summed E-state index contributed by atoms with van der Waals surface area (Å²) in [5, 5.41) is 6.97. The van der Waals surface area contributed by atoms with Gasteiger partial charge in [-0.2, -0.15) is 0 Å². The lowest BCUT2D eigenvalue weighted by atomic mass is 9.83. The van der Waals surface area contributed by atoms with Gasteiger partial charge in [0.05, 0.1) is 10.7 Å². The van der Waals surface area contributed by atoms with Gasteiger partial charge in [0.1, 0.15) is 0 Å². The SMILES string of the molecule is CCNC(CCCc1csc(C)n1)C(C)(C)C. The highest BCUT2D eigenvalue weighted by Crippen LogP contribution is 2.23. The van der Waals surface area contributed by atoms with Gasteiger partial charge in [0.25, 0.3) is 0 Å². The summed E-state index contributed by atoms with van der Waals surface area (Å²) in [4.78, 5) is 4.51. The molecule has 1 aromatic heterocycles. The van der Waals surface area contributed by atoms with Crippen molar-refractivity contribution in [2.75, 3.05) is 6.54 Å². The van der Waals surface area contributed by atoms with E-state index in [0.717, 1.165) is 13.0 Å². The van der Waals surface area contributed by atoms with Gasteiger partial charge < -0.3 is 5.32 Å². The van der Waals surface area contributed by atoms with Crippen LogP contribution in [-0.2, 0) is 6.42 Å². The monoisotopic (exact) mass is 254 g/mol. The van der Waals surface area contributed by atoms with Crippen LogP contribution in [0.2, 0.25) is 0 Å². The van der Waals surface area contributed by atoms with Gasteiger partial charge in [-0.25, -0.2) is 4.98 Å². The van der Waals surface area contributed by atoms with Gasteiger partial charge >= 0.3 is 0 Å². The topological polar surface area (TPSA) is 24.9 Å². The summed E-state index contributed by atoms with van der Waals surface area (Å²) in [5.41, 5.74) is 1.60. The molecule has 0 saturated heterocycles. The number of aromatic nitrogens is 1. The Bertz CT molecular complexity index is 325. The van der Waals surface area contributed by atoms with E-state index in [1.807, 2.05) is 0 Å². The third-order valence-corrected chi connectivity index (χ3v) is 3.91. The van der Waals surface area contributed by atoms with Crippen molar-refractivity contribution < 1.29 is 0 Å². The second kappa shape index (κ2) is 6.50. The Balaban J connectivity index is 2.37. The molecule has 2 nitrogen and oxygen atoms in total. The largest absolute Gasteiger partial charge is 0.314 e. The summed E-state index contributed by atoms with van der Waals surface area (Å²) in [7, 11) is 0. The van der Waals surface area contributed by atoms with Crippen molar-refractivity contribution in [2.45, 2.75) is 59.9 Å². The smallest absolute Gasteiger partial charge is 0.0897 e. The zero-order valence-corrected chi connectivity index (χ0v) is 12.7. The quantitative estimate of drug-likeness (QED) is 0.835. The molecule has 0 amide bonds. The first-order valence-corrected chi connectivity index (χ1v) is 7.46. The Labute approximate surface area is 110 Å². The highest BCUT2D eigenvalue weighted by Gasteiger charge is 2.22. The molecule has 1 aromatic rings. The van der Waals surface area contributed by atoms with Gasteiger partial charge in [0, 0.05) is 11.4 Å². The van der Waals surface area contributed by atoms with Crippen LogP contribution < -0.4 is 5.32 Å². The van der Waals surface area contributed by atoms with E-state index in [1.54, 1.807) is 11.3 Å². The maximum Gasteiger partial charge on any atom is 0.0897 e.